The molecule has 0 aliphatic rings. The third kappa shape index (κ3) is 1780000. The van der Waals surface area contributed by atoms with Gasteiger partial charge in [-0.05, 0) is 0 Å². The normalized spacial score (nSPS) is 1.60. The van der Waals surface area contributed by atoms with Gasteiger partial charge >= 0.3 is 0 Å². The summed E-state index contributed by atoms with van der Waals surface area (Å²) < 4.78 is 0. The maximum absolute atomic E-state index is 8.00. The maximum atomic E-state index is 8.00. The summed E-state index contributed by atoms with van der Waals surface area (Å²) in [6.07, 6.45) is 0. The van der Waals surface area contributed by atoms with Gasteiger partial charge in [-0.3, -0.25) is 0 Å². The van der Waals surface area contributed by atoms with Crippen molar-refractivity contribution in [1.29, 1.82) is 0 Å². The Hall–Kier alpha value is -0.0148. The van der Waals surface area contributed by atoms with Crippen LogP contribution in [-0.4, -0.2) is 51.1 Å². The van der Waals surface area contributed by atoms with Crippen LogP contribution in [0.3, 0.4) is 0 Å². The molecule has 0 bridgehead atoms. The van der Waals surface area contributed by atoms with Crippen molar-refractivity contribution in [3.05, 3.63) is 0 Å². The van der Waals surface area contributed by atoms with Gasteiger partial charge in [0.05, 0.1) is 0 Å². The Morgan fingerprint density at radius 2 is 0.500 bits per heavy atom. The van der Waals surface area contributed by atoms with Gasteiger partial charge in [0, 0.05) is 40.7 Å². The first-order valence-corrected chi connectivity index (χ1v) is 1.15. The third-order valence-corrected chi connectivity index (χ3v) is 0. The molecule has 0 aromatic rings. The molecule has 0 saturated carbocycles. The van der Waals surface area contributed by atoms with Crippen LogP contribution in [-0.2, 0) is 36.0 Å². The van der Waals surface area contributed by atoms with Crippen molar-refractivity contribution in [3.63, 3.8) is 0 Å². The van der Waals surface area contributed by atoms with Gasteiger partial charge in [-0.1, -0.05) is 0 Å². The fourth-order valence-electron chi connectivity index (χ4n) is 0. The van der Waals surface area contributed by atoms with E-state index in [0.717, 1.165) is 0 Å². The van der Waals surface area contributed by atoms with Crippen LogP contribution in [0.1, 0.15) is 0 Å². The topological polar surface area (TPSA) is 68.3 Å². The SMILES string of the molecule is C=O.C=O.C=O.C=O.[Co].[Sn]. The van der Waals surface area contributed by atoms with Crippen molar-refractivity contribution in [3.8, 4) is 0 Å². The number of hydrogen-bond acceptors (Lipinski definition) is 4. The number of hydrogen-bond donors (Lipinski definition) is 0. The predicted molar refractivity (Wildman–Crippen MR) is 34.2 cm³/mol. The first-order valence-electron chi connectivity index (χ1n) is 1.15. The zero-order valence-electron chi connectivity index (χ0n) is 5.29. The molecule has 0 aliphatic heterocycles. The molecular formula is C4H8CoO4Sn. The Morgan fingerprint density at radius 1 is 0.500 bits per heavy atom. The van der Waals surface area contributed by atoms with Crippen LogP contribution >= 0.6 is 0 Å². The maximum Gasteiger partial charge on any atom is 0.106 e. The first-order chi connectivity index (χ1) is 4.00. The molecule has 10 heavy (non-hydrogen) atoms. The van der Waals surface area contributed by atoms with Gasteiger partial charge in [-0.2, -0.15) is 0 Å². The molecule has 5 radical (unpaired) electrons. The molecule has 0 N–H and O–H groups in total. The van der Waals surface area contributed by atoms with Crippen molar-refractivity contribution in [2.45, 2.75) is 0 Å². The van der Waals surface area contributed by atoms with Crippen molar-refractivity contribution in [2.24, 2.45) is 0 Å². The molecule has 0 atom stereocenters. The first kappa shape index (κ1) is 50.8. The van der Waals surface area contributed by atoms with E-state index in [1.165, 1.54) is 0 Å². The summed E-state index contributed by atoms with van der Waals surface area (Å²) in [5.74, 6) is 0. The number of carbonyl (C=O) groups excluding carboxylic acids is 4. The molecule has 6 heteroatoms. The molecule has 0 saturated heterocycles. The van der Waals surface area contributed by atoms with Crippen molar-refractivity contribution < 1.29 is 36.0 Å². The summed E-state index contributed by atoms with van der Waals surface area (Å²) in [7, 11) is 0. The fourth-order valence-corrected chi connectivity index (χ4v) is 0. The Labute approximate surface area is 86.9 Å². The standard InChI is InChI=1S/4CH2O.Co.Sn/c4*1-2;;/h4*1H2;;. The monoisotopic (exact) mass is 299 g/mol. The quantitative estimate of drug-likeness (QED) is 0.531. The van der Waals surface area contributed by atoms with Crippen LogP contribution in [0.4, 0.5) is 0 Å². The minimum atomic E-state index is 0. The number of rotatable bonds is 0. The fraction of sp³-hybridized carbons (Fsp3) is 0. The Morgan fingerprint density at radius 3 is 0.500 bits per heavy atom. The van der Waals surface area contributed by atoms with E-state index < -0.39 is 0 Å². The molecule has 0 spiro atoms. The van der Waals surface area contributed by atoms with Crippen LogP contribution in [0, 0.1) is 0 Å². The second kappa shape index (κ2) is 2610000. The van der Waals surface area contributed by atoms with Gasteiger partial charge in [-0.25, -0.2) is 0 Å². The summed E-state index contributed by atoms with van der Waals surface area (Å²) in [5, 5.41) is 0. The molecule has 0 heterocycles. The summed E-state index contributed by atoms with van der Waals surface area (Å²) in [6.45, 7) is 8.00. The zero-order chi connectivity index (χ0) is 8.00. The van der Waals surface area contributed by atoms with Crippen molar-refractivity contribution >= 4 is 51.1 Å². The van der Waals surface area contributed by atoms with Crippen LogP contribution in [0.25, 0.3) is 0 Å². The molecule has 61 valence electrons. The van der Waals surface area contributed by atoms with E-state index in [2.05, 4.69) is 0 Å². The smallest absolute Gasteiger partial charge is 0.106 e. The molecule has 0 amide bonds. The van der Waals surface area contributed by atoms with E-state index in [0.29, 0.717) is 0 Å². The molecule has 0 rings (SSSR count). The Bertz CT molecular complexity index is 25.2. The predicted octanol–water partition coefficient (Wildman–Crippen LogP) is -1.12. The van der Waals surface area contributed by atoms with Gasteiger partial charge in [0.2, 0.25) is 0 Å². The molecule has 4 nitrogen and oxygen atoms in total. The van der Waals surface area contributed by atoms with Crippen molar-refractivity contribution in [2.75, 3.05) is 0 Å². The summed E-state index contributed by atoms with van der Waals surface area (Å²) in [4.78, 5) is 32.0. The molecular weight excluding hydrogens is 290 g/mol. The minimum absolute atomic E-state index is 0. The van der Waals surface area contributed by atoms with Crippen LogP contribution in [0.5, 0.6) is 0 Å². The van der Waals surface area contributed by atoms with Crippen LogP contribution in [0.15, 0.2) is 0 Å². The summed E-state index contributed by atoms with van der Waals surface area (Å²) in [5.41, 5.74) is 0. The van der Waals surface area contributed by atoms with Crippen LogP contribution < -0.4 is 0 Å². The van der Waals surface area contributed by atoms with Crippen LogP contribution in [0.2, 0.25) is 0 Å². The summed E-state index contributed by atoms with van der Waals surface area (Å²) >= 11 is 0. The third-order valence-electron chi connectivity index (χ3n) is 0. The zero-order valence-corrected chi connectivity index (χ0v) is 9.19. The van der Waals surface area contributed by atoms with E-state index in [-0.39, 0.29) is 40.7 Å². The van der Waals surface area contributed by atoms with E-state index in [1.807, 2.05) is 27.2 Å². The average molecular weight is 298 g/mol. The molecule has 0 fully saturated rings. The molecule has 0 aromatic heterocycles. The van der Waals surface area contributed by atoms with E-state index in [4.69, 9.17) is 19.2 Å². The second-order valence-electron chi connectivity index (χ2n) is 0. The largest absolute Gasteiger partial charge is 0.307 e. The van der Waals surface area contributed by atoms with Gasteiger partial charge < -0.3 is 19.2 Å². The van der Waals surface area contributed by atoms with Gasteiger partial charge in [0.25, 0.3) is 0 Å². The van der Waals surface area contributed by atoms with Gasteiger partial charge in [-0.15, -0.1) is 0 Å². The van der Waals surface area contributed by atoms with Gasteiger partial charge in [0.1, 0.15) is 27.2 Å². The Kier molecular flexibility index (Phi) is 13300000. The van der Waals surface area contributed by atoms with E-state index in [9.17, 15) is 0 Å². The number of carbonyl (C=O) groups is 4. The average Bonchev–Trinajstić information content (AvgIpc) is 2.03. The van der Waals surface area contributed by atoms with E-state index in [1.54, 1.807) is 0 Å². The minimum Gasteiger partial charge on any atom is -0.307 e. The van der Waals surface area contributed by atoms with Gasteiger partial charge in [0.15, 0.2) is 0 Å². The molecule has 0 aromatic carbocycles. The van der Waals surface area contributed by atoms with Crippen molar-refractivity contribution in [1.82, 2.24) is 0 Å². The Balaban J connectivity index is -0.00000000500. The molecule has 0 unspecified atom stereocenters. The molecule has 0 aliphatic carbocycles. The summed E-state index contributed by atoms with van der Waals surface area (Å²) in [6, 6.07) is 0. The second-order valence-corrected chi connectivity index (χ2v) is 0. The van der Waals surface area contributed by atoms with E-state index >= 15 is 0 Å².